The minimum atomic E-state index is -0.667. The van der Waals surface area contributed by atoms with Gasteiger partial charge in [-0.2, -0.15) is 0 Å². The lowest BCUT2D eigenvalue weighted by Crippen LogP contribution is -2.29. The molecule has 3 rings (SSSR count). The number of esters is 1. The molecule has 1 atom stereocenters. The zero-order valence-corrected chi connectivity index (χ0v) is 17.5. The number of non-ortho nitro benzene ring substituents is 1. The van der Waals surface area contributed by atoms with Gasteiger partial charge in [-0.05, 0) is 24.0 Å². The second-order valence-corrected chi connectivity index (χ2v) is 7.38. The maximum absolute atomic E-state index is 12.7. The quantitative estimate of drug-likeness (QED) is 0.278. The molecule has 1 fully saturated rings. The lowest BCUT2D eigenvalue weighted by molar-refractivity contribution is -0.384. The largest absolute Gasteiger partial charge is 0.457 e. The molecule has 1 amide bonds. The van der Waals surface area contributed by atoms with Gasteiger partial charge in [0.05, 0.1) is 10.8 Å². The van der Waals surface area contributed by atoms with Crippen LogP contribution in [0.25, 0.3) is 0 Å². The van der Waals surface area contributed by atoms with Gasteiger partial charge in [-0.3, -0.25) is 24.5 Å². The van der Waals surface area contributed by atoms with Crippen LogP contribution in [0, 0.1) is 16.0 Å². The molecule has 8 nitrogen and oxygen atoms in total. The van der Waals surface area contributed by atoms with Crippen LogP contribution >= 0.6 is 0 Å². The number of Topliss-reactive ketones (excluding diaryl/α,β-unsaturated/α-hetero) is 1. The third-order valence-electron chi connectivity index (χ3n) is 5.42. The number of benzene rings is 2. The summed E-state index contributed by atoms with van der Waals surface area (Å²) in [5.74, 6) is -1.98. The van der Waals surface area contributed by atoms with Crippen LogP contribution in [0.1, 0.15) is 41.8 Å². The van der Waals surface area contributed by atoms with Crippen molar-refractivity contribution in [2.24, 2.45) is 5.92 Å². The number of carbonyl (C=O) groups is 3. The predicted octanol–water partition coefficient (Wildman–Crippen LogP) is 3.50. The SMILES string of the molecule is CCc1cccc(CC)c1N1C[C@H](C(=O)OCC(=O)c2cccc([N+](=O)[O-])c2)CC1=O. The molecule has 2 aromatic rings. The molecular weight excluding hydrogens is 400 g/mol. The van der Waals surface area contributed by atoms with Crippen LogP contribution in [0.5, 0.6) is 0 Å². The zero-order valence-electron chi connectivity index (χ0n) is 17.5. The third-order valence-corrected chi connectivity index (χ3v) is 5.42. The molecule has 0 saturated carbocycles. The van der Waals surface area contributed by atoms with Crippen molar-refractivity contribution in [3.63, 3.8) is 0 Å². The number of nitro groups is 1. The summed E-state index contributed by atoms with van der Waals surface area (Å²) >= 11 is 0. The number of rotatable bonds is 8. The van der Waals surface area contributed by atoms with Crippen molar-refractivity contribution < 1.29 is 24.0 Å². The summed E-state index contributed by atoms with van der Waals surface area (Å²) in [5, 5.41) is 10.9. The Labute approximate surface area is 180 Å². The van der Waals surface area contributed by atoms with Gasteiger partial charge in [0, 0.05) is 36.3 Å². The molecule has 0 aromatic heterocycles. The Hall–Kier alpha value is -3.55. The Bertz CT molecular complexity index is 1010. The molecule has 162 valence electrons. The van der Waals surface area contributed by atoms with E-state index < -0.39 is 29.2 Å². The van der Waals surface area contributed by atoms with Gasteiger partial charge < -0.3 is 9.64 Å². The summed E-state index contributed by atoms with van der Waals surface area (Å²) in [5.41, 5.74) is 2.83. The van der Waals surface area contributed by atoms with E-state index in [1.807, 2.05) is 32.0 Å². The van der Waals surface area contributed by atoms with Crippen LogP contribution < -0.4 is 4.90 Å². The van der Waals surface area contributed by atoms with Crippen molar-refractivity contribution in [2.75, 3.05) is 18.1 Å². The molecule has 0 bridgehead atoms. The average molecular weight is 424 g/mol. The highest BCUT2D eigenvalue weighted by molar-refractivity contribution is 6.02. The fourth-order valence-corrected chi connectivity index (χ4v) is 3.77. The number of hydrogen-bond acceptors (Lipinski definition) is 6. The highest BCUT2D eigenvalue weighted by Crippen LogP contribution is 2.32. The van der Waals surface area contributed by atoms with Crippen molar-refractivity contribution in [3.8, 4) is 0 Å². The van der Waals surface area contributed by atoms with Crippen LogP contribution in [-0.4, -0.2) is 35.7 Å². The maximum Gasteiger partial charge on any atom is 0.311 e. The maximum atomic E-state index is 12.7. The van der Waals surface area contributed by atoms with Crippen molar-refractivity contribution in [3.05, 3.63) is 69.3 Å². The number of nitrogens with zero attached hydrogens (tertiary/aromatic N) is 2. The Morgan fingerprint density at radius 3 is 2.39 bits per heavy atom. The fraction of sp³-hybridized carbons (Fsp3) is 0.348. The molecule has 2 aromatic carbocycles. The molecule has 1 saturated heterocycles. The predicted molar refractivity (Wildman–Crippen MR) is 114 cm³/mol. The van der Waals surface area contributed by atoms with E-state index in [4.69, 9.17) is 4.74 Å². The first-order valence-corrected chi connectivity index (χ1v) is 10.2. The lowest BCUT2D eigenvalue weighted by atomic mass is 10.0. The second-order valence-electron chi connectivity index (χ2n) is 7.38. The van der Waals surface area contributed by atoms with Crippen molar-refractivity contribution in [2.45, 2.75) is 33.1 Å². The summed E-state index contributed by atoms with van der Waals surface area (Å²) < 4.78 is 5.15. The molecule has 0 N–H and O–H groups in total. The Kier molecular flexibility index (Phi) is 6.79. The number of ether oxygens (including phenoxy) is 1. The highest BCUT2D eigenvalue weighted by Gasteiger charge is 2.37. The molecule has 0 radical (unpaired) electrons. The Balaban J connectivity index is 1.67. The number of nitro benzene ring substituents is 1. The van der Waals surface area contributed by atoms with Gasteiger partial charge in [0.2, 0.25) is 11.7 Å². The average Bonchev–Trinajstić information content (AvgIpc) is 3.17. The molecule has 0 spiro atoms. The Morgan fingerprint density at radius 2 is 1.77 bits per heavy atom. The van der Waals surface area contributed by atoms with E-state index in [2.05, 4.69) is 0 Å². The van der Waals surface area contributed by atoms with E-state index in [1.54, 1.807) is 4.90 Å². The molecule has 31 heavy (non-hydrogen) atoms. The van der Waals surface area contributed by atoms with Crippen molar-refractivity contribution >= 4 is 29.0 Å². The summed E-state index contributed by atoms with van der Waals surface area (Å²) in [6.45, 7) is 3.71. The monoisotopic (exact) mass is 424 g/mol. The number of aryl methyl sites for hydroxylation is 2. The van der Waals surface area contributed by atoms with Crippen molar-refractivity contribution in [1.82, 2.24) is 0 Å². The van der Waals surface area contributed by atoms with E-state index in [0.717, 1.165) is 35.7 Å². The summed E-state index contributed by atoms with van der Waals surface area (Å²) in [6.07, 6.45) is 1.55. The molecule has 1 aliphatic rings. The van der Waals surface area contributed by atoms with Gasteiger partial charge in [-0.25, -0.2) is 0 Å². The first-order chi connectivity index (χ1) is 14.8. The van der Waals surface area contributed by atoms with Crippen LogP contribution in [-0.2, 0) is 27.2 Å². The summed E-state index contributed by atoms with van der Waals surface area (Å²) in [7, 11) is 0. The first-order valence-electron chi connectivity index (χ1n) is 10.2. The van der Waals surface area contributed by atoms with E-state index in [1.165, 1.54) is 18.2 Å². The smallest absolute Gasteiger partial charge is 0.311 e. The highest BCUT2D eigenvalue weighted by atomic mass is 16.6. The fourth-order valence-electron chi connectivity index (χ4n) is 3.77. The molecular formula is C23H24N2O6. The Morgan fingerprint density at radius 1 is 1.13 bits per heavy atom. The minimum absolute atomic E-state index is 0.0189. The van der Waals surface area contributed by atoms with Gasteiger partial charge in [0.15, 0.2) is 6.61 Å². The van der Waals surface area contributed by atoms with E-state index >= 15 is 0 Å². The number of amides is 1. The van der Waals surface area contributed by atoms with E-state index in [-0.39, 0.29) is 30.1 Å². The lowest BCUT2D eigenvalue weighted by Gasteiger charge is -2.23. The number of ketones is 1. The second kappa shape index (κ2) is 9.51. The van der Waals surface area contributed by atoms with Crippen LogP contribution in [0.15, 0.2) is 42.5 Å². The van der Waals surface area contributed by atoms with Gasteiger partial charge in [0.25, 0.3) is 5.69 Å². The summed E-state index contributed by atoms with van der Waals surface area (Å²) in [4.78, 5) is 49.4. The number of anilines is 1. The molecule has 8 heteroatoms. The summed E-state index contributed by atoms with van der Waals surface area (Å²) in [6, 6.07) is 11.2. The number of hydrogen-bond donors (Lipinski definition) is 0. The van der Waals surface area contributed by atoms with Crippen LogP contribution in [0.2, 0.25) is 0 Å². The molecule has 0 unspecified atom stereocenters. The number of para-hydroxylation sites is 1. The number of carbonyl (C=O) groups excluding carboxylic acids is 3. The normalized spacial score (nSPS) is 15.7. The molecule has 1 aliphatic heterocycles. The zero-order chi connectivity index (χ0) is 22.5. The van der Waals surface area contributed by atoms with Gasteiger partial charge >= 0.3 is 5.97 Å². The third kappa shape index (κ3) is 4.79. The standard InChI is InChI=1S/C23H24N2O6/c1-3-15-7-5-8-16(4-2)22(15)24-13-18(12-21(24)27)23(28)31-14-20(26)17-9-6-10-19(11-17)25(29)30/h5-11,18H,3-4,12-14H2,1-2H3/t18-/m1/s1. The van der Waals surface area contributed by atoms with Crippen molar-refractivity contribution in [1.29, 1.82) is 0 Å². The van der Waals surface area contributed by atoms with Gasteiger partial charge in [-0.15, -0.1) is 0 Å². The van der Waals surface area contributed by atoms with E-state index in [0.29, 0.717) is 0 Å². The van der Waals surface area contributed by atoms with Crippen LogP contribution in [0.3, 0.4) is 0 Å². The van der Waals surface area contributed by atoms with E-state index in [9.17, 15) is 24.5 Å². The van der Waals surface area contributed by atoms with Gasteiger partial charge in [-0.1, -0.05) is 44.2 Å². The first kappa shape index (κ1) is 22.1. The minimum Gasteiger partial charge on any atom is -0.457 e. The van der Waals surface area contributed by atoms with Gasteiger partial charge in [0.1, 0.15) is 0 Å². The van der Waals surface area contributed by atoms with Crippen LogP contribution in [0.4, 0.5) is 11.4 Å². The topological polar surface area (TPSA) is 107 Å². The molecule has 1 heterocycles. The molecule has 0 aliphatic carbocycles.